The zero-order valence-corrected chi connectivity index (χ0v) is 17.3. The summed E-state index contributed by atoms with van der Waals surface area (Å²) < 4.78 is 5.48. The molecule has 0 aromatic heterocycles. The lowest BCUT2D eigenvalue weighted by Crippen LogP contribution is -2.44. The van der Waals surface area contributed by atoms with Crippen LogP contribution in [0, 0.1) is 13.8 Å². The van der Waals surface area contributed by atoms with Crippen molar-refractivity contribution in [3.05, 3.63) is 34.4 Å². The maximum Gasteiger partial charge on any atom is 0.0618 e. The fourth-order valence-corrected chi connectivity index (χ4v) is 4.40. The highest BCUT2D eigenvalue weighted by Crippen LogP contribution is 2.24. The van der Waals surface area contributed by atoms with E-state index in [0.717, 1.165) is 19.7 Å². The van der Waals surface area contributed by atoms with Crippen molar-refractivity contribution < 1.29 is 4.74 Å². The summed E-state index contributed by atoms with van der Waals surface area (Å²) in [5.41, 5.74) is 5.89. The first kappa shape index (κ1) is 19.8. The number of ether oxygens (including phenoxy) is 1. The van der Waals surface area contributed by atoms with Crippen LogP contribution < -0.4 is 0 Å². The zero-order chi connectivity index (χ0) is 18.5. The first-order chi connectivity index (χ1) is 12.6. The van der Waals surface area contributed by atoms with Gasteiger partial charge in [0.25, 0.3) is 0 Å². The fraction of sp³-hybridized carbons (Fsp3) is 0.727. The van der Waals surface area contributed by atoms with Crippen molar-refractivity contribution in [1.29, 1.82) is 0 Å². The van der Waals surface area contributed by atoms with Crippen LogP contribution in [0.4, 0.5) is 0 Å². The second-order valence-electron chi connectivity index (χ2n) is 8.36. The van der Waals surface area contributed by atoms with E-state index in [9.17, 15) is 0 Å². The van der Waals surface area contributed by atoms with Crippen LogP contribution in [-0.4, -0.2) is 74.2 Å². The normalized spacial score (nSPS) is 23.5. The van der Waals surface area contributed by atoms with Gasteiger partial charge in [-0.25, -0.2) is 0 Å². The van der Waals surface area contributed by atoms with E-state index >= 15 is 0 Å². The smallest absolute Gasteiger partial charge is 0.0618 e. The molecule has 1 aromatic carbocycles. The molecule has 1 atom stereocenters. The maximum absolute atomic E-state index is 5.48. The molecule has 2 saturated heterocycles. The molecule has 2 heterocycles. The van der Waals surface area contributed by atoms with E-state index in [0.29, 0.717) is 6.04 Å². The summed E-state index contributed by atoms with van der Waals surface area (Å²) in [4.78, 5) is 7.68. The molecule has 4 heteroatoms. The molecule has 0 N–H and O–H groups in total. The van der Waals surface area contributed by atoms with Gasteiger partial charge in [-0.1, -0.05) is 18.6 Å². The zero-order valence-electron chi connectivity index (χ0n) is 17.3. The molecule has 146 valence electrons. The fourth-order valence-electron chi connectivity index (χ4n) is 4.40. The molecule has 26 heavy (non-hydrogen) atoms. The first-order valence-electron chi connectivity index (χ1n) is 10.3. The van der Waals surface area contributed by atoms with Crippen LogP contribution in [-0.2, 0) is 17.8 Å². The monoisotopic (exact) mass is 359 g/mol. The summed E-state index contributed by atoms with van der Waals surface area (Å²) in [5, 5.41) is 0. The Morgan fingerprint density at radius 2 is 1.62 bits per heavy atom. The van der Waals surface area contributed by atoms with Gasteiger partial charge in [-0.3, -0.25) is 9.80 Å². The van der Waals surface area contributed by atoms with E-state index in [2.05, 4.69) is 47.7 Å². The van der Waals surface area contributed by atoms with Gasteiger partial charge < -0.3 is 9.64 Å². The summed E-state index contributed by atoms with van der Waals surface area (Å²) in [6.45, 7) is 13.5. The van der Waals surface area contributed by atoms with Crippen molar-refractivity contribution in [2.75, 3.05) is 53.5 Å². The Morgan fingerprint density at radius 3 is 2.31 bits per heavy atom. The molecule has 4 nitrogen and oxygen atoms in total. The molecule has 0 radical (unpaired) electrons. The summed E-state index contributed by atoms with van der Waals surface area (Å²) >= 11 is 0. The molecule has 0 bridgehead atoms. The Morgan fingerprint density at radius 1 is 0.923 bits per heavy atom. The lowest BCUT2D eigenvalue weighted by molar-refractivity contribution is 0.0599. The summed E-state index contributed by atoms with van der Waals surface area (Å²) in [6, 6.07) is 5.47. The van der Waals surface area contributed by atoms with Crippen molar-refractivity contribution in [2.45, 2.75) is 52.2 Å². The number of likely N-dealkylation sites (tertiary alicyclic amines) is 1. The highest BCUT2D eigenvalue weighted by atomic mass is 16.5. The Balaban J connectivity index is 1.70. The largest absolute Gasteiger partial charge is 0.383 e. The second kappa shape index (κ2) is 9.32. The molecule has 1 aromatic rings. The number of methoxy groups -OCH3 is 1. The predicted octanol–water partition coefficient (Wildman–Crippen LogP) is 3.05. The molecule has 3 rings (SSSR count). The molecule has 0 aliphatic carbocycles. The molecular weight excluding hydrogens is 322 g/mol. The standard InChI is InChI=1S/C22H37N3O/c1-18-13-19(2)21(16-25-8-6-5-7-22(25)17-26-4)14-20(18)15-24-11-9-23(3)10-12-24/h13-14,22H,5-12,15-17H2,1-4H3. The maximum atomic E-state index is 5.48. The third-order valence-electron chi connectivity index (χ3n) is 6.27. The number of hydrogen-bond donors (Lipinski definition) is 0. The lowest BCUT2D eigenvalue weighted by atomic mass is 9.96. The number of rotatable bonds is 6. The number of nitrogens with zero attached hydrogens (tertiary/aromatic N) is 3. The number of benzene rings is 1. The van der Waals surface area contributed by atoms with Crippen LogP contribution in [0.5, 0.6) is 0 Å². The van der Waals surface area contributed by atoms with Gasteiger partial charge in [-0.15, -0.1) is 0 Å². The number of likely N-dealkylation sites (N-methyl/N-ethyl adjacent to an activating group) is 1. The first-order valence-corrected chi connectivity index (χ1v) is 10.3. The molecule has 2 aliphatic rings. The highest BCUT2D eigenvalue weighted by Gasteiger charge is 2.23. The van der Waals surface area contributed by atoms with Crippen molar-refractivity contribution in [3.63, 3.8) is 0 Å². The lowest BCUT2D eigenvalue weighted by Gasteiger charge is -2.36. The summed E-state index contributed by atoms with van der Waals surface area (Å²) in [7, 11) is 4.06. The summed E-state index contributed by atoms with van der Waals surface area (Å²) in [5.74, 6) is 0. The molecular formula is C22H37N3O. The predicted molar refractivity (Wildman–Crippen MR) is 109 cm³/mol. The summed E-state index contributed by atoms with van der Waals surface area (Å²) in [6.07, 6.45) is 3.93. The third-order valence-corrected chi connectivity index (χ3v) is 6.27. The third kappa shape index (κ3) is 5.07. The van der Waals surface area contributed by atoms with E-state index in [1.807, 2.05) is 7.11 Å². The van der Waals surface area contributed by atoms with Gasteiger partial charge >= 0.3 is 0 Å². The van der Waals surface area contributed by atoms with Crippen LogP contribution >= 0.6 is 0 Å². The van der Waals surface area contributed by atoms with Gasteiger partial charge in [0.15, 0.2) is 0 Å². The van der Waals surface area contributed by atoms with Gasteiger partial charge in [0.1, 0.15) is 0 Å². The molecule has 1 unspecified atom stereocenters. The molecule has 0 amide bonds. The highest BCUT2D eigenvalue weighted by molar-refractivity contribution is 5.37. The quantitative estimate of drug-likeness (QED) is 0.777. The molecule has 2 aliphatic heterocycles. The number of piperazine rings is 1. The van der Waals surface area contributed by atoms with Gasteiger partial charge in [-0.2, -0.15) is 0 Å². The Hall–Kier alpha value is -0.940. The topological polar surface area (TPSA) is 19.0 Å². The second-order valence-corrected chi connectivity index (χ2v) is 8.36. The van der Waals surface area contributed by atoms with Gasteiger partial charge in [0, 0.05) is 52.4 Å². The van der Waals surface area contributed by atoms with Crippen molar-refractivity contribution in [3.8, 4) is 0 Å². The number of aryl methyl sites for hydroxylation is 2. The SMILES string of the molecule is COCC1CCCCN1Cc1cc(CN2CCN(C)CC2)c(C)cc1C. The van der Waals surface area contributed by atoms with E-state index < -0.39 is 0 Å². The van der Waals surface area contributed by atoms with Crippen molar-refractivity contribution in [1.82, 2.24) is 14.7 Å². The Bertz CT molecular complexity index is 579. The number of piperidine rings is 1. The minimum Gasteiger partial charge on any atom is -0.383 e. The molecule has 0 spiro atoms. The van der Waals surface area contributed by atoms with E-state index in [1.165, 1.54) is 74.2 Å². The van der Waals surface area contributed by atoms with Crippen LogP contribution in [0.1, 0.15) is 41.5 Å². The van der Waals surface area contributed by atoms with E-state index in [4.69, 9.17) is 4.74 Å². The average Bonchev–Trinajstić information content (AvgIpc) is 2.63. The van der Waals surface area contributed by atoms with Crippen molar-refractivity contribution in [2.24, 2.45) is 0 Å². The Labute approximate surface area is 160 Å². The van der Waals surface area contributed by atoms with Gasteiger partial charge in [0.05, 0.1) is 6.61 Å². The van der Waals surface area contributed by atoms with Crippen LogP contribution in [0.15, 0.2) is 12.1 Å². The minimum atomic E-state index is 0.579. The minimum absolute atomic E-state index is 0.579. The average molecular weight is 360 g/mol. The van der Waals surface area contributed by atoms with Gasteiger partial charge in [-0.05, 0) is 62.5 Å². The van der Waals surface area contributed by atoms with Crippen molar-refractivity contribution >= 4 is 0 Å². The molecule has 0 saturated carbocycles. The van der Waals surface area contributed by atoms with E-state index in [1.54, 1.807) is 0 Å². The van der Waals surface area contributed by atoms with Crippen LogP contribution in [0.3, 0.4) is 0 Å². The van der Waals surface area contributed by atoms with E-state index in [-0.39, 0.29) is 0 Å². The molecule has 2 fully saturated rings. The Kier molecular flexibility index (Phi) is 7.10. The number of hydrogen-bond acceptors (Lipinski definition) is 4. The van der Waals surface area contributed by atoms with Crippen LogP contribution in [0.25, 0.3) is 0 Å². The van der Waals surface area contributed by atoms with Crippen LogP contribution in [0.2, 0.25) is 0 Å². The van der Waals surface area contributed by atoms with Gasteiger partial charge in [0.2, 0.25) is 0 Å².